The Labute approximate surface area is 207 Å². The van der Waals surface area contributed by atoms with Crippen molar-refractivity contribution in [2.24, 2.45) is 5.73 Å². The van der Waals surface area contributed by atoms with Gasteiger partial charge >= 0.3 is 6.36 Å². The lowest BCUT2D eigenvalue weighted by Crippen LogP contribution is -2.17. The van der Waals surface area contributed by atoms with E-state index in [9.17, 15) is 31.5 Å². The first kappa shape index (κ1) is 27.2. The van der Waals surface area contributed by atoms with Crippen molar-refractivity contribution in [1.29, 1.82) is 0 Å². The smallest absolute Gasteiger partial charge is 0.493 e. The molecule has 0 aliphatic rings. The van der Waals surface area contributed by atoms with E-state index in [0.717, 1.165) is 36.5 Å². The Balaban J connectivity index is 1.97. The van der Waals surface area contributed by atoms with Crippen molar-refractivity contribution in [2.75, 3.05) is 12.4 Å². The van der Waals surface area contributed by atoms with Crippen LogP contribution in [0.3, 0.4) is 0 Å². The number of carbonyl (C=O) groups is 2. The van der Waals surface area contributed by atoms with E-state index in [0.29, 0.717) is 0 Å². The predicted octanol–water partition coefficient (Wildman–Crippen LogP) is 5.17. The van der Waals surface area contributed by atoms with Crippen LogP contribution in [0.1, 0.15) is 33.3 Å². The van der Waals surface area contributed by atoms with Crippen molar-refractivity contribution >= 4 is 17.5 Å². The highest BCUT2D eigenvalue weighted by Crippen LogP contribution is 2.37. The number of aromatic nitrogens is 1. The van der Waals surface area contributed by atoms with Gasteiger partial charge in [0.15, 0.2) is 11.5 Å². The summed E-state index contributed by atoms with van der Waals surface area (Å²) < 4.78 is 79.7. The number of methoxy groups -OCH3 is 1. The SMILES string of the molecule is COc1cc(OC(F)(F)F)ccc1Oc1cc(CC(C)F)ncc1C(=O)Nc1ccc(F)c(C(N)=O)c1. The standard InChI is InChI=1S/C24H20F5N3O5/c1-12(25)7-14-9-20(36-19-6-4-15(10-21(19)35-2)37-24(27,28)29)17(11-31-14)23(34)32-13-3-5-18(26)16(8-13)22(30)33/h3-6,8-12H,7H2,1-2H3,(H2,30,33)(H,32,34). The summed E-state index contributed by atoms with van der Waals surface area (Å²) in [4.78, 5) is 28.4. The van der Waals surface area contributed by atoms with Crippen molar-refractivity contribution in [3.05, 3.63) is 71.3 Å². The molecule has 13 heteroatoms. The summed E-state index contributed by atoms with van der Waals surface area (Å²) in [5.74, 6) is -3.69. The molecule has 0 spiro atoms. The lowest BCUT2D eigenvalue weighted by Gasteiger charge is -2.16. The van der Waals surface area contributed by atoms with Gasteiger partial charge in [-0.15, -0.1) is 13.2 Å². The fourth-order valence-electron chi connectivity index (χ4n) is 3.17. The number of rotatable bonds is 9. The van der Waals surface area contributed by atoms with Crippen molar-refractivity contribution < 1.29 is 45.8 Å². The summed E-state index contributed by atoms with van der Waals surface area (Å²) in [6.45, 7) is 1.30. The van der Waals surface area contributed by atoms with Gasteiger partial charge in [0.1, 0.15) is 29.1 Å². The van der Waals surface area contributed by atoms with Crippen LogP contribution in [0.5, 0.6) is 23.0 Å². The number of hydrogen-bond donors (Lipinski definition) is 2. The highest BCUT2D eigenvalue weighted by molar-refractivity contribution is 6.06. The number of ether oxygens (including phenoxy) is 3. The summed E-state index contributed by atoms with van der Waals surface area (Å²) in [5.41, 5.74) is 4.75. The molecule has 1 aromatic heterocycles. The van der Waals surface area contributed by atoms with Gasteiger partial charge in [0.2, 0.25) is 0 Å². The third-order valence-corrected chi connectivity index (χ3v) is 4.74. The quantitative estimate of drug-likeness (QED) is 0.373. The molecule has 196 valence electrons. The Morgan fingerprint density at radius 2 is 1.78 bits per heavy atom. The van der Waals surface area contributed by atoms with Crippen LogP contribution in [0.4, 0.5) is 27.6 Å². The lowest BCUT2D eigenvalue weighted by molar-refractivity contribution is -0.274. The number of anilines is 1. The van der Waals surface area contributed by atoms with E-state index in [-0.39, 0.29) is 40.6 Å². The Bertz CT molecular complexity index is 1310. The molecule has 37 heavy (non-hydrogen) atoms. The zero-order chi connectivity index (χ0) is 27.3. The second kappa shape index (κ2) is 11.1. The minimum atomic E-state index is -4.93. The highest BCUT2D eigenvalue weighted by Gasteiger charge is 2.31. The molecular formula is C24H20F5N3O5. The molecule has 1 atom stereocenters. The van der Waals surface area contributed by atoms with Gasteiger partial charge in [0, 0.05) is 36.1 Å². The molecule has 8 nitrogen and oxygen atoms in total. The summed E-state index contributed by atoms with van der Waals surface area (Å²) in [5, 5.41) is 2.45. The molecule has 3 N–H and O–H groups in total. The average Bonchev–Trinajstić information content (AvgIpc) is 2.79. The number of nitrogens with one attached hydrogen (secondary N) is 1. The van der Waals surface area contributed by atoms with Crippen molar-refractivity contribution in [1.82, 2.24) is 4.98 Å². The van der Waals surface area contributed by atoms with Crippen LogP contribution >= 0.6 is 0 Å². The predicted molar refractivity (Wildman–Crippen MR) is 121 cm³/mol. The average molecular weight is 525 g/mol. The van der Waals surface area contributed by atoms with E-state index in [2.05, 4.69) is 15.0 Å². The molecule has 0 aliphatic heterocycles. The molecule has 3 rings (SSSR count). The number of nitrogens with two attached hydrogens (primary N) is 1. The number of benzene rings is 2. The van der Waals surface area contributed by atoms with E-state index in [4.69, 9.17) is 15.2 Å². The van der Waals surface area contributed by atoms with Gasteiger partial charge in [-0.1, -0.05) is 0 Å². The molecule has 3 aromatic rings. The monoisotopic (exact) mass is 525 g/mol. The van der Waals surface area contributed by atoms with Crippen LogP contribution in [0.25, 0.3) is 0 Å². The normalized spacial score (nSPS) is 12.0. The van der Waals surface area contributed by atoms with E-state index in [1.54, 1.807) is 0 Å². The molecular weight excluding hydrogens is 505 g/mol. The van der Waals surface area contributed by atoms with Gasteiger partial charge in [-0.3, -0.25) is 14.6 Å². The van der Waals surface area contributed by atoms with Crippen LogP contribution in [0, 0.1) is 5.82 Å². The molecule has 1 unspecified atom stereocenters. The molecule has 0 radical (unpaired) electrons. The van der Waals surface area contributed by atoms with Crippen LogP contribution in [-0.4, -0.2) is 36.4 Å². The van der Waals surface area contributed by atoms with Crippen LogP contribution in [0.2, 0.25) is 0 Å². The van der Waals surface area contributed by atoms with Gasteiger partial charge < -0.3 is 25.3 Å². The number of amides is 2. The molecule has 0 fully saturated rings. The maximum Gasteiger partial charge on any atom is 0.573 e. The molecule has 2 aromatic carbocycles. The number of halogens is 5. The molecule has 0 bridgehead atoms. The fourth-order valence-corrected chi connectivity index (χ4v) is 3.17. The number of primary amides is 1. The zero-order valence-electron chi connectivity index (χ0n) is 19.4. The minimum Gasteiger partial charge on any atom is -0.493 e. The van der Waals surface area contributed by atoms with Gasteiger partial charge in [0.05, 0.1) is 12.7 Å². The molecule has 2 amide bonds. The molecule has 0 saturated carbocycles. The van der Waals surface area contributed by atoms with Gasteiger partial charge in [0.25, 0.3) is 11.8 Å². The summed E-state index contributed by atoms with van der Waals surface area (Å²) >= 11 is 0. The number of pyridine rings is 1. The molecule has 1 heterocycles. The first-order valence-corrected chi connectivity index (χ1v) is 10.5. The second-order valence-electron chi connectivity index (χ2n) is 7.63. The Hall–Kier alpha value is -4.42. The maximum atomic E-state index is 13.8. The zero-order valence-corrected chi connectivity index (χ0v) is 19.4. The lowest BCUT2D eigenvalue weighted by atomic mass is 10.1. The summed E-state index contributed by atoms with van der Waals surface area (Å²) in [6.07, 6.45) is -5.22. The van der Waals surface area contributed by atoms with Crippen LogP contribution in [0.15, 0.2) is 48.7 Å². The Morgan fingerprint density at radius 3 is 2.41 bits per heavy atom. The third kappa shape index (κ3) is 7.29. The number of alkyl halides is 4. The molecule has 0 aliphatic carbocycles. The highest BCUT2D eigenvalue weighted by atomic mass is 19.4. The third-order valence-electron chi connectivity index (χ3n) is 4.74. The fraction of sp³-hybridized carbons (Fsp3) is 0.208. The van der Waals surface area contributed by atoms with Crippen LogP contribution in [-0.2, 0) is 6.42 Å². The maximum absolute atomic E-state index is 13.8. The van der Waals surface area contributed by atoms with Crippen molar-refractivity contribution in [3.8, 4) is 23.0 Å². The number of nitrogens with zero attached hydrogens (tertiary/aromatic N) is 1. The van der Waals surface area contributed by atoms with Gasteiger partial charge in [-0.25, -0.2) is 8.78 Å². The van der Waals surface area contributed by atoms with Gasteiger partial charge in [-0.05, 0) is 37.3 Å². The van der Waals surface area contributed by atoms with E-state index < -0.39 is 41.5 Å². The van der Waals surface area contributed by atoms with Crippen molar-refractivity contribution in [3.63, 3.8) is 0 Å². The van der Waals surface area contributed by atoms with Crippen LogP contribution < -0.4 is 25.3 Å². The largest absolute Gasteiger partial charge is 0.573 e. The first-order valence-electron chi connectivity index (χ1n) is 10.5. The second-order valence-corrected chi connectivity index (χ2v) is 7.63. The first-order chi connectivity index (χ1) is 17.4. The Morgan fingerprint density at radius 1 is 1.05 bits per heavy atom. The van der Waals surface area contributed by atoms with Crippen molar-refractivity contribution in [2.45, 2.75) is 25.9 Å². The van der Waals surface area contributed by atoms with E-state index in [1.807, 2.05) is 0 Å². The summed E-state index contributed by atoms with van der Waals surface area (Å²) in [7, 11) is 1.18. The van der Waals surface area contributed by atoms with E-state index in [1.165, 1.54) is 26.2 Å². The Kier molecular flexibility index (Phi) is 8.15. The molecule has 0 saturated heterocycles. The van der Waals surface area contributed by atoms with E-state index >= 15 is 0 Å². The van der Waals surface area contributed by atoms with Gasteiger partial charge in [-0.2, -0.15) is 0 Å². The topological polar surface area (TPSA) is 113 Å². The minimum absolute atomic E-state index is 0.0267. The number of hydrogen-bond acceptors (Lipinski definition) is 6. The number of carbonyl (C=O) groups excluding carboxylic acids is 2. The summed E-state index contributed by atoms with van der Waals surface area (Å²) in [6, 6.07) is 7.47.